The summed E-state index contributed by atoms with van der Waals surface area (Å²) in [5, 5.41) is 18.0. The summed E-state index contributed by atoms with van der Waals surface area (Å²) in [6, 6.07) is 2.93. The number of aliphatic hydroxyl groups is 2. The van der Waals surface area contributed by atoms with E-state index in [9.17, 15) is 13.9 Å². The fourth-order valence-electron chi connectivity index (χ4n) is 1.22. The molecular formula is C10H12F2O2. The van der Waals surface area contributed by atoms with Crippen LogP contribution in [0.2, 0.25) is 0 Å². The molecule has 0 heterocycles. The molecule has 0 amide bonds. The molecule has 0 aliphatic carbocycles. The van der Waals surface area contributed by atoms with E-state index in [1.54, 1.807) is 0 Å². The minimum absolute atomic E-state index is 0.0468. The number of halogens is 2. The summed E-state index contributed by atoms with van der Waals surface area (Å²) in [7, 11) is 0. The topological polar surface area (TPSA) is 40.5 Å². The number of rotatable bonds is 4. The first-order chi connectivity index (χ1) is 6.63. The normalized spacial score (nSPS) is 12.9. The fraction of sp³-hybridized carbons (Fsp3) is 0.400. The van der Waals surface area contributed by atoms with Crippen LogP contribution in [0.1, 0.15) is 24.5 Å². The van der Waals surface area contributed by atoms with Crippen LogP contribution in [0.25, 0.3) is 0 Å². The third-order valence-electron chi connectivity index (χ3n) is 1.91. The highest BCUT2D eigenvalue weighted by Crippen LogP contribution is 2.20. The molecule has 1 aromatic carbocycles. The van der Waals surface area contributed by atoms with E-state index in [1.807, 2.05) is 0 Å². The van der Waals surface area contributed by atoms with Crippen molar-refractivity contribution in [2.45, 2.75) is 18.9 Å². The van der Waals surface area contributed by atoms with Gasteiger partial charge in [0.25, 0.3) is 0 Å². The monoisotopic (exact) mass is 202 g/mol. The number of benzene rings is 1. The molecule has 0 bridgehead atoms. The molecule has 0 spiro atoms. The molecule has 0 aliphatic rings. The Labute approximate surface area is 80.8 Å². The second-order valence-corrected chi connectivity index (χ2v) is 3.08. The minimum Gasteiger partial charge on any atom is -0.396 e. The molecule has 0 saturated carbocycles. The van der Waals surface area contributed by atoms with Crippen molar-refractivity contribution in [2.75, 3.05) is 6.61 Å². The summed E-state index contributed by atoms with van der Waals surface area (Å²) in [5.41, 5.74) is 0.205. The van der Waals surface area contributed by atoms with Crippen LogP contribution in [0.4, 0.5) is 8.78 Å². The third kappa shape index (κ3) is 3.05. The van der Waals surface area contributed by atoms with Gasteiger partial charge in [0.1, 0.15) is 11.6 Å². The van der Waals surface area contributed by atoms with Gasteiger partial charge < -0.3 is 10.2 Å². The lowest BCUT2D eigenvalue weighted by Gasteiger charge is -2.09. The highest BCUT2D eigenvalue weighted by atomic mass is 19.1. The molecule has 1 unspecified atom stereocenters. The quantitative estimate of drug-likeness (QED) is 0.781. The van der Waals surface area contributed by atoms with Crippen molar-refractivity contribution >= 4 is 0 Å². The lowest BCUT2D eigenvalue weighted by Crippen LogP contribution is -2.00. The Hall–Kier alpha value is -1.00. The van der Waals surface area contributed by atoms with Crippen LogP contribution in [0.5, 0.6) is 0 Å². The maximum atomic E-state index is 12.7. The minimum atomic E-state index is -0.924. The molecule has 2 nitrogen and oxygen atoms in total. The van der Waals surface area contributed by atoms with E-state index >= 15 is 0 Å². The van der Waals surface area contributed by atoms with Crippen LogP contribution < -0.4 is 0 Å². The van der Waals surface area contributed by atoms with Crippen LogP contribution in [0.3, 0.4) is 0 Å². The van der Waals surface area contributed by atoms with Gasteiger partial charge in [-0.1, -0.05) is 0 Å². The molecule has 0 saturated heterocycles. The van der Waals surface area contributed by atoms with Crippen LogP contribution in [-0.2, 0) is 0 Å². The number of aliphatic hydroxyl groups excluding tert-OH is 2. The summed E-state index contributed by atoms with van der Waals surface area (Å²) in [6.07, 6.45) is -0.231. The predicted octanol–water partition coefficient (Wildman–Crippen LogP) is 1.77. The molecular weight excluding hydrogens is 190 g/mol. The van der Waals surface area contributed by atoms with Gasteiger partial charge in [0.05, 0.1) is 6.10 Å². The number of hydrogen-bond acceptors (Lipinski definition) is 2. The maximum Gasteiger partial charge on any atom is 0.126 e. The zero-order chi connectivity index (χ0) is 10.6. The summed E-state index contributed by atoms with van der Waals surface area (Å²) < 4.78 is 25.4. The molecule has 1 aromatic rings. The average Bonchev–Trinajstić information content (AvgIpc) is 2.12. The Kier molecular flexibility index (Phi) is 3.98. The van der Waals surface area contributed by atoms with Crippen molar-refractivity contribution in [3.05, 3.63) is 35.4 Å². The molecule has 0 radical (unpaired) electrons. The van der Waals surface area contributed by atoms with Crippen molar-refractivity contribution in [3.8, 4) is 0 Å². The van der Waals surface area contributed by atoms with Crippen molar-refractivity contribution in [1.29, 1.82) is 0 Å². The molecule has 1 rings (SSSR count). The maximum absolute atomic E-state index is 12.7. The van der Waals surface area contributed by atoms with E-state index < -0.39 is 17.7 Å². The van der Waals surface area contributed by atoms with Crippen LogP contribution >= 0.6 is 0 Å². The predicted molar refractivity (Wildman–Crippen MR) is 47.6 cm³/mol. The summed E-state index contributed by atoms with van der Waals surface area (Å²) in [5.74, 6) is -1.41. The lowest BCUT2D eigenvalue weighted by molar-refractivity contribution is 0.151. The molecule has 14 heavy (non-hydrogen) atoms. The van der Waals surface area contributed by atoms with Gasteiger partial charge in [0, 0.05) is 12.7 Å². The van der Waals surface area contributed by atoms with Gasteiger partial charge in [0.15, 0.2) is 0 Å². The Balaban J connectivity index is 2.73. The molecule has 0 aliphatic heterocycles. The van der Waals surface area contributed by atoms with Gasteiger partial charge >= 0.3 is 0 Å². The third-order valence-corrected chi connectivity index (χ3v) is 1.91. The van der Waals surface area contributed by atoms with Gasteiger partial charge in [0.2, 0.25) is 0 Å². The van der Waals surface area contributed by atoms with Gasteiger partial charge in [-0.25, -0.2) is 8.78 Å². The first kappa shape index (κ1) is 11.1. The van der Waals surface area contributed by atoms with Crippen molar-refractivity contribution in [3.63, 3.8) is 0 Å². The lowest BCUT2D eigenvalue weighted by atomic mass is 10.0. The second kappa shape index (κ2) is 5.02. The van der Waals surface area contributed by atoms with Crippen molar-refractivity contribution < 1.29 is 19.0 Å². The van der Waals surface area contributed by atoms with E-state index in [4.69, 9.17) is 5.11 Å². The van der Waals surface area contributed by atoms with Crippen LogP contribution in [0, 0.1) is 11.6 Å². The zero-order valence-electron chi connectivity index (χ0n) is 7.58. The Bertz CT molecular complexity index is 282. The zero-order valence-corrected chi connectivity index (χ0v) is 7.58. The molecule has 0 fully saturated rings. The largest absolute Gasteiger partial charge is 0.396 e. The standard InChI is InChI=1S/C10H12F2O2/c11-8-4-7(5-9(12)6-8)10(14)2-1-3-13/h4-6,10,13-14H,1-3H2. The molecule has 78 valence electrons. The molecule has 2 N–H and O–H groups in total. The molecule has 1 atom stereocenters. The van der Waals surface area contributed by atoms with Crippen LogP contribution in [0.15, 0.2) is 18.2 Å². The van der Waals surface area contributed by atoms with Gasteiger partial charge in [-0.15, -0.1) is 0 Å². The second-order valence-electron chi connectivity index (χ2n) is 3.08. The SMILES string of the molecule is OCCCC(O)c1cc(F)cc(F)c1. The fourth-order valence-corrected chi connectivity index (χ4v) is 1.22. The van der Waals surface area contributed by atoms with E-state index in [0.717, 1.165) is 18.2 Å². The summed E-state index contributed by atoms with van der Waals surface area (Å²) >= 11 is 0. The van der Waals surface area contributed by atoms with E-state index in [2.05, 4.69) is 0 Å². The highest BCUT2D eigenvalue weighted by molar-refractivity contribution is 5.19. The Morgan fingerprint density at radius 2 is 1.71 bits per heavy atom. The van der Waals surface area contributed by atoms with Crippen molar-refractivity contribution in [1.82, 2.24) is 0 Å². The first-order valence-corrected chi connectivity index (χ1v) is 4.38. The van der Waals surface area contributed by atoms with Crippen LogP contribution in [-0.4, -0.2) is 16.8 Å². The molecule has 4 heteroatoms. The Morgan fingerprint density at radius 1 is 1.14 bits per heavy atom. The summed E-state index contributed by atoms with van der Waals surface area (Å²) in [4.78, 5) is 0. The van der Waals surface area contributed by atoms with Crippen molar-refractivity contribution in [2.24, 2.45) is 0 Å². The smallest absolute Gasteiger partial charge is 0.126 e. The Morgan fingerprint density at radius 3 is 2.21 bits per heavy atom. The average molecular weight is 202 g/mol. The van der Waals surface area contributed by atoms with E-state index in [1.165, 1.54) is 0 Å². The van der Waals surface area contributed by atoms with Gasteiger partial charge in [-0.2, -0.15) is 0 Å². The molecule has 0 aromatic heterocycles. The van der Waals surface area contributed by atoms with E-state index in [-0.39, 0.29) is 12.2 Å². The summed E-state index contributed by atoms with van der Waals surface area (Å²) in [6.45, 7) is -0.0468. The number of hydrogen-bond donors (Lipinski definition) is 2. The van der Waals surface area contributed by atoms with Gasteiger partial charge in [-0.3, -0.25) is 0 Å². The first-order valence-electron chi connectivity index (χ1n) is 4.38. The highest BCUT2D eigenvalue weighted by Gasteiger charge is 2.09. The van der Waals surface area contributed by atoms with E-state index in [0.29, 0.717) is 12.8 Å². The van der Waals surface area contributed by atoms with Gasteiger partial charge in [-0.05, 0) is 30.5 Å².